The second-order valence-corrected chi connectivity index (χ2v) is 6.01. The smallest absolute Gasteiger partial charge is 0.410 e. The first-order valence-electron chi connectivity index (χ1n) is 7.77. The Morgan fingerprint density at radius 1 is 1.39 bits per heavy atom. The number of cyclic esters (lactones) is 1. The average molecular weight is 314 g/mol. The Labute approximate surface area is 133 Å². The van der Waals surface area contributed by atoms with Crippen molar-refractivity contribution in [3.8, 4) is 0 Å². The molecule has 2 aliphatic heterocycles. The van der Waals surface area contributed by atoms with E-state index < -0.39 is 0 Å². The fraction of sp³-hybridized carbons (Fsp3) is 0.438. The average Bonchev–Trinajstić information content (AvgIpc) is 3.08. The maximum atomic E-state index is 12.7. The van der Waals surface area contributed by atoms with Gasteiger partial charge < -0.3 is 14.0 Å². The molecule has 2 aromatic heterocycles. The Bertz CT molecular complexity index is 785. The van der Waals surface area contributed by atoms with Gasteiger partial charge in [-0.05, 0) is 19.1 Å². The minimum Gasteiger partial charge on any atom is -0.447 e. The molecule has 0 saturated carbocycles. The second-order valence-electron chi connectivity index (χ2n) is 6.01. The van der Waals surface area contributed by atoms with Crippen molar-refractivity contribution < 1.29 is 14.3 Å². The number of rotatable bonds is 2. The molecule has 0 unspecified atom stereocenters. The van der Waals surface area contributed by atoms with Crippen LogP contribution in [0.1, 0.15) is 11.4 Å². The van der Waals surface area contributed by atoms with Gasteiger partial charge in [0.25, 0.3) is 0 Å². The molecule has 120 valence electrons. The van der Waals surface area contributed by atoms with E-state index in [2.05, 4.69) is 4.98 Å². The predicted octanol–water partition coefficient (Wildman–Crippen LogP) is 0.848. The first-order chi connectivity index (χ1) is 11.1. The topological polar surface area (TPSA) is 67.2 Å². The van der Waals surface area contributed by atoms with Gasteiger partial charge in [-0.15, -0.1) is 0 Å². The van der Waals surface area contributed by atoms with Crippen LogP contribution in [-0.2, 0) is 16.0 Å². The highest BCUT2D eigenvalue weighted by Crippen LogP contribution is 2.19. The molecule has 0 bridgehead atoms. The fourth-order valence-corrected chi connectivity index (χ4v) is 3.35. The van der Waals surface area contributed by atoms with Crippen molar-refractivity contribution in [2.45, 2.75) is 19.4 Å². The van der Waals surface area contributed by atoms with Crippen LogP contribution in [0.5, 0.6) is 0 Å². The summed E-state index contributed by atoms with van der Waals surface area (Å²) in [7, 11) is 0. The minimum atomic E-state index is -0.264. The zero-order valence-electron chi connectivity index (χ0n) is 12.9. The van der Waals surface area contributed by atoms with Crippen LogP contribution in [0, 0.1) is 6.92 Å². The number of fused-ring (bicyclic) bond motifs is 2. The Hall–Kier alpha value is -2.57. The summed E-state index contributed by atoms with van der Waals surface area (Å²) in [6.07, 6.45) is 1.98. The number of ether oxygens (including phenoxy) is 1. The van der Waals surface area contributed by atoms with Crippen molar-refractivity contribution in [3.05, 3.63) is 35.8 Å². The van der Waals surface area contributed by atoms with Crippen LogP contribution in [0.25, 0.3) is 5.65 Å². The van der Waals surface area contributed by atoms with Crippen molar-refractivity contribution in [3.63, 3.8) is 0 Å². The first kappa shape index (κ1) is 14.0. The van der Waals surface area contributed by atoms with Crippen molar-refractivity contribution in [1.82, 2.24) is 19.2 Å². The van der Waals surface area contributed by atoms with Gasteiger partial charge in [0.15, 0.2) is 0 Å². The molecule has 2 aliphatic rings. The van der Waals surface area contributed by atoms with Crippen LogP contribution in [0.2, 0.25) is 0 Å². The number of piperazine rings is 1. The van der Waals surface area contributed by atoms with Gasteiger partial charge in [-0.3, -0.25) is 9.69 Å². The van der Waals surface area contributed by atoms with Crippen LogP contribution in [-0.4, -0.2) is 63.5 Å². The van der Waals surface area contributed by atoms with E-state index in [0.717, 1.165) is 17.0 Å². The lowest BCUT2D eigenvalue weighted by Gasteiger charge is -2.35. The Morgan fingerprint density at radius 3 is 3.13 bits per heavy atom. The van der Waals surface area contributed by atoms with Crippen molar-refractivity contribution in [2.75, 3.05) is 26.2 Å². The maximum absolute atomic E-state index is 12.7. The van der Waals surface area contributed by atoms with E-state index in [1.807, 2.05) is 40.6 Å². The third-order valence-electron chi connectivity index (χ3n) is 4.62. The number of hydrogen-bond donors (Lipinski definition) is 0. The van der Waals surface area contributed by atoms with E-state index in [0.29, 0.717) is 32.7 Å². The number of carbonyl (C=O) groups excluding carboxylic acids is 2. The molecule has 1 atom stereocenters. The van der Waals surface area contributed by atoms with Gasteiger partial charge in [-0.25, -0.2) is 9.78 Å². The zero-order valence-corrected chi connectivity index (χ0v) is 12.9. The third kappa shape index (κ3) is 2.32. The lowest BCUT2D eigenvalue weighted by atomic mass is 10.1. The molecular weight excluding hydrogens is 296 g/mol. The SMILES string of the molecule is Cc1nc2ccccn2c1CC(=O)N1CCN2C(=O)OC[C@H]2C1. The quantitative estimate of drug-likeness (QED) is 0.824. The van der Waals surface area contributed by atoms with Crippen LogP contribution in [0.15, 0.2) is 24.4 Å². The standard InChI is InChI=1S/C16H18N4O3/c1-11-13(20-5-3-2-4-14(20)17-11)8-15(21)18-6-7-19-12(9-18)10-23-16(19)22/h2-5,12H,6-10H2,1H3/t12-/m1/s1. The minimum absolute atomic E-state index is 0.0107. The molecule has 0 N–H and O–H groups in total. The number of aromatic nitrogens is 2. The molecule has 23 heavy (non-hydrogen) atoms. The molecule has 0 aliphatic carbocycles. The predicted molar refractivity (Wildman–Crippen MR) is 82.1 cm³/mol. The van der Waals surface area contributed by atoms with Gasteiger partial charge in [-0.2, -0.15) is 0 Å². The molecular formula is C16H18N4O3. The summed E-state index contributed by atoms with van der Waals surface area (Å²) < 4.78 is 7.01. The summed E-state index contributed by atoms with van der Waals surface area (Å²) in [4.78, 5) is 32.2. The summed E-state index contributed by atoms with van der Waals surface area (Å²) in [5, 5.41) is 0. The molecule has 4 rings (SSSR count). The van der Waals surface area contributed by atoms with Gasteiger partial charge in [0, 0.05) is 25.8 Å². The molecule has 2 amide bonds. The number of aryl methyl sites for hydroxylation is 1. The zero-order chi connectivity index (χ0) is 16.0. The summed E-state index contributed by atoms with van der Waals surface area (Å²) >= 11 is 0. The van der Waals surface area contributed by atoms with Crippen molar-refractivity contribution in [2.24, 2.45) is 0 Å². The van der Waals surface area contributed by atoms with Crippen molar-refractivity contribution in [1.29, 1.82) is 0 Å². The van der Waals surface area contributed by atoms with Crippen molar-refractivity contribution >= 4 is 17.6 Å². The number of carbonyl (C=O) groups is 2. The van der Waals surface area contributed by atoms with E-state index in [1.165, 1.54) is 0 Å². The Morgan fingerprint density at radius 2 is 2.26 bits per heavy atom. The van der Waals surface area contributed by atoms with Crippen LogP contribution < -0.4 is 0 Å². The number of nitrogens with zero attached hydrogens (tertiary/aromatic N) is 4. The van der Waals surface area contributed by atoms with Crippen LogP contribution in [0.4, 0.5) is 4.79 Å². The highest BCUT2D eigenvalue weighted by molar-refractivity contribution is 5.80. The van der Waals surface area contributed by atoms with Gasteiger partial charge in [0.2, 0.25) is 5.91 Å². The van der Waals surface area contributed by atoms with Gasteiger partial charge in [0.05, 0.1) is 23.9 Å². The molecule has 0 aromatic carbocycles. The lowest BCUT2D eigenvalue weighted by Crippen LogP contribution is -2.54. The Kier molecular flexibility index (Phi) is 3.21. The summed E-state index contributed by atoms with van der Waals surface area (Å²) in [6, 6.07) is 5.79. The van der Waals surface area contributed by atoms with E-state index in [9.17, 15) is 9.59 Å². The van der Waals surface area contributed by atoms with Gasteiger partial charge in [-0.1, -0.05) is 6.07 Å². The summed E-state index contributed by atoms with van der Waals surface area (Å²) in [5.41, 5.74) is 2.65. The summed E-state index contributed by atoms with van der Waals surface area (Å²) in [5.74, 6) is 0.0674. The van der Waals surface area contributed by atoms with E-state index in [-0.39, 0.29) is 18.0 Å². The Balaban J connectivity index is 1.51. The monoisotopic (exact) mass is 314 g/mol. The normalized spacial score (nSPS) is 20.7. The number of hydrogen-bond acceptors (Lipinski definition) is 4. The molecule has 2 aromatic rings. The molecule has 0 spiro atoms. The highest BCUT2D eigenvalue weighted by atomic mass is 16.6. The van der Waals surface area contributed by atoms with E-state index in [1.54, 1.807) is 4.90 Å². The maximum Gasteiger partial charge on any atom is 0.410 e. The van der Waals surface area contributed by atoms with Gasteiger partial charge >= 0.3 is 6.09 Å². The van der Waals surface area contributed by atoms with Gasteiger partial charge in [0.1, 0.15) is 12.3 Å². The molecule has 2 fully saturated rings. The molecule has 4 heterocycles. The molecule has 7 heteroatoms. The fourth-order valence-electron chi connectivity index (χ4n) is 3.35. The van der Waals surface area contributed by atoms with Crippen LogP contribution >= 0.6 is 0 Å². The molecule has 7 nitrogen and oxygen atoms in total. The largest absolute Gasteiger partial charge is 0.447 e. The number of imidazole rings is 1. The van der Waals surface area contributed by atoms with E-state index >= 15 is 0 Å². The molecule has 2 saturated heterocycles. The second kappa shape index (κ2) is 5.26. The number of amides is 2. The van der Waals surface area contributed by atoms with E-state index in [4.69, 9.17) is 4.74 Å². The highest BCUT2D eigenvalue weighted by Gasteiger charge is 2.38. The number of pyridine rings is 1. The van der Waals surface area contributed by atoms with Crippen LogP contribution in [0.3, 0.4) is 0 Å². The molecule has 0 radical (unpaired) electrons. The third-order valence-corrected chi connectivity index (χ3v) is 4.62. The summed E-state index contributed by atoms with van der Waals surface area (Å²) in [6.45, 7) is 3.94. The lowest BCUT2D eigenvalue weighted by molar-refractivity contribution is -0.132. The first-order valence-corrected chi connectivity index (χ1v) is 7.77.